The van der Waals surface area contributed by atoms with E-state index < -0.39 is 10.7 Å². The number of thiophene rings is 1. The Morgan fingerprint density at radius 2 is 1.91 bits per heavy atom. The number of fused-ring (bicyclic) bond motifs is 1. The number of amides is 1. The smallest absolute Gasteiger partial charge is 0.229 e. The van der Waals surface area contributed by atoms with Crippen LogP contribution in [0.3, 0.4) is 0 Å². The summed E-state index contributed by atoms with van der Waals surface area (Å²) in [5.41, 5.74) is 3.57. The monoisotopic (exact) mass is 465 g/mol. The Bertz CT molecular complexity index is 1230. The third kappa shape index (κ3) is 4.75. The molecule has 1 amide bonds. The minimum Gasteiger partial charge on any atom is -0.316 e. The van der Waals surface area contributed by atoms with Gasteiger partial charge in [0, 0.05) is 24.0 Å². The lowest BCUT2D eigenvalue weighted by Crippen LogP contribution is -2.32. The van der Waals surface area contributed by atoms with Crippen molar-refractivity contribution >= 4 is 32.9 Å². The van der Waals surface area contributed by atoms with Crippen LogP contribution in [0.2, 0.25) is 0 Å². The minimum absolute atomic E-state index is 0.112. The first kappa shape index (κ1) is 22.2. The molecule has 2 heterocycles. The fourth-order valence-corrected chi connectivity index (χ4v) is 5.63. The maximum atomic E-state index is 12.6. The van der Waals surface area contributed by atoms with E-state index in [1.165, 1.54) is 29.0 Å². The summed E-state index contributed by atoms with van der Waals surface area (Å²) in [6, 6.07) is 19.1. The van der Waals surface area contributed by atoms with E-state index in [9.17, 15) is 18.5 Å². The van der Waals surface area contributed by atoms with Gasteiger partial charge in [-0.05, 0) is 42.2 Å². The molecule has 8 heteroatoms. The first-order chi connectivity index (χ1) is 15.5. The maximum absolute atomic E-state index is 12.6. The standard InChI is InChI=1S/C24H23N3O3S2/c1-16(18-5-3-2-4-6-18)27-12-11-20-21(14-25)24(31-22(20)15-27)26-23(28)13-17-7-9-19(10-8-17)32(29)30/h2-10,16,32H,11-13,15H2,1H3,(H,26,28). The second kappa shape index (κ2) is 9.65. The number of hydrogen-bond acceptors (Lipinski definition) is 6. The number of carbonyl (C=O) groups excluding carboxylic acids is 1. The zero-order valence-electron chi connectivity index (χ0n) is 17.6. The summed E-state index contributed by atoms with van der Waals surface area (Å²) in [6.45, 7) is 3.79. The van der Waals surface area contributed by atoms with Gasteiger partial charge >= 0.3 is 0 Å². The quantitative estimate of drug-likeness (QED) is 0.539. The van der Waals surface area contributed by atoms with Crippen LogP contribution in [0.15, 0.2) is 59.5 Å². The van der Waals surface area contributed by atoms with Crippen molar-refractivity contribution in [2.45, 2.75) is 37.2 Å². The van der Waals surface area contributed by atoms with Gasteiger partial charge < -0.3 is 5.32 Å². The van der Waals surface area contributed by atoms with Crippen molar-refractivity contribution in [3.8, 4) is 6.07 Å². The van der Waals surface area contributed by atoms with E-state index in [1.54, 1.807) is 12.1 Å². The third-order valence-corrected chi connectivity index (χ3v) is 7.64. The van der Waals surface area contributed by atoms with E-state index in [2.05, 4.69) is 35.3 Å². The lowest BCUT2D eigenvalue weighted by molar-refractivity contribution is -0.115. The van der Waals surface area contributed by atoms with Gasteiger partial charge in [-0.15, -0.1) is 11.3 Å². The summed E-state index contributed by atoms with van der Waals surface area (Å²) in [5, 5.41) is 13.2. The average Bonchev–Trinajstić information content (AvgIpc) is 3.15. The minimum atomic E-state index is -2.64. The number of anilines is 1. The predicted octanol–water partition coefficient (Wildman–Crippen LogP) is 3.89. The zero-order valence-corrected chi connectivity index (χ0v) is 19.3. The average molecular weight is 466 g/mol. The molecule has 2 aromatic carbocycles. The SMILES string of the molecule is CC(c1ccccc1)N1CCc2c(sc(NC(=O)Cc3ccc([SH](=O)=O)cc3)c2C#N)C1. The number of carbonyl (C=O) groups is 1. The van der Waals surface area contributed by atoms with E-state index in [1.807, 2.05) is 18.2 Å². The molecular weight excluding hydrogens is 442 g/mol. The Kier molecular flexibility index (Phi) is 6.70. The highest BCUT2D eigenvalue weighted by molar-refractivity contribution is 7.72. The molecule has 1 aliphatic rings. The first-order valence-electron chi connectivity index (χ1n) is 10.3. The molecule has 1 aromatic heterocycles. The van der Waals surface area contributed by atoms with Crippen molar-refractivity contribution in [1.29, 1.82) is 5.26 Å². The normalized spacial score (nSPS) is 14.5. The van der Waals surface area contributed by atoms with Crippen LogP contribution in [-0.2, 0) is 34.9 Å². The van der Waals surface area contributed by atoms with Crippen molar-refractivity contribution in [3.63, 3.8) is 0 Å². The van der Waals surface area contributed by atoms with Gasteiger partial charge in [-0.2, -0.15) is 5.26 Å². The van der Waals surface area contributed by atoms with Gasteiger partial charge in [-0.25, -0.2) is 8.42 Å². The van der Waals surface area contributed by atoms with Crippen LogP contribution < -0.4 is 5.32 Å². The summed E-state index contributed by atoms with van der Waals surface area (Å²) < 4.78 is 22.0. The van der Waals surface area contributed by atoms with E-state index in [4.69, 9.17) is 0 Å². The largest absolute Gasteiger partial charge is 0.316 e. The van der Waals surface area contributed by atoms with E-state index >= 15 is 0 Å². The number of nitriles is 1. The highest BCUT2D eigenvalue weighted by Gasteiger charge is 2.27. The van der Waals surface area contributed by atoms with Gasteiger partial charge in [0.1, 0.15) is 11.1 Å². The summed E-state index contributed by atoms with van der Waals surface area (Å²) in [6.07, 6.45) is 0.886. The molecule has 1 aliphatic heterocycles. The molecule has 0 bridgehead atoms. The Hall–Kier alpha value is -2.99. The molecular formula is C24H23N3O3S2. The lowest BCUT2D eigenvalue weighted by Gasteiger charge is -2.32. The van der Waals surface area contributed by atoms with Crippen LogP contribution in [0, 0.1) is 11.3 Å². The second-order valence-corrected chi connectivity index (χ2v) is 9.91. The Morgan fingerprint density at radius 1 is 1.19 bits per heavy atom. The molecule has 1 N–H and O–H groups in total. The molecule has 1 unspecified atom stereocenters. The van der Waals surface area contributed by atoms with Gasteiger partial charge in [0.15, 0.2) is 10.7 Å². The summed E-state index contributed by atoms with van der Waals surface area (Å²) in [4.78, 5) is 16.3. The van der Waals surface area contributed by atoms with Crippen LogP contribution in [0.1, 0.15) is 40.1 Å². The molecule has 0 saturated heterocycles. The van der Waals surface area contributed by atoms with Crippen molar-refractivity contribution in [2.75, 3.05) is 11.9 Å². The van der Waals surface area contributed by atoms with Crippen molar-refractivity contribution < 1.29 is 13.2 Å². The molecule has 0 radical (unpaired) electrons. The zero-order chi connectivity index (χ0) is 22.7. The highest BCUT2D eigenvalue weighted by Crippen LogP contribution is 2.38. The highest BCUT2D eigenvalue weighted by atomic mass is 32.2. The van der Waals surface area contributed by atoms with E-state index in [0.29, 0.717) is 16.1 Å². The van der Waals surface area contributed by atoms with Gasteiger partial charge in [-0.3, -0.25) is 9.69 Å². The van der Waals surface area contributed by atoms with Gasteiger partial charge in [0.05, 0.1) is 16.9 Å². The summed E-state index contributed by atoms with van der Waals surface area (Å²) in [5.74, 6) is -0.228. The molecule has 164 valence electrons. The van der Waals surface area contributed by atoms with Crippen molar-refractivity contribution in [3.05, 3.63) is 81.7 Å². The molecule has 0 spiro atoms. The van der Waals surface area contributed by atoms with E-state index in [-0.39, 0.29) is 23.3 Å². The predicted molar refractivity (Wildman–Crippen MR) is 125 cm³/mol. The number of rotatable bonds is 6. The molecule has 4 rings (SSSR count). The van der Waals surface area contributed by atoms with Gasteiger partial charge in [0.2, 0.25) is 5.91 Å². The van der Waals surface area contributed by atoms with Gasteiger partial charge in [0.25, 0.3) is 0 Å². The number of thiol groups is 1. The van der Waals surface area contributed by atoms with E-state index in [0.717, 1.165) is 30.0 Å². The summed E-state index contributed by atoms with van der Waals surface area (Å²) >= 11 is 1.47. The number of benzene rings is 2. The Balaban J connectivity index is 1.47. The van der Waals surface area contributed by atoms with Crippen molar-refractivity contribution in [1.82, 2.24) is 4.90 Å². The molecule has 0 saturated carbocycles. The topological polar surface area (TPSA) is 90.3 Å². The second-order valence-electron chi connectivity index (χ2n) is 7.78. The van der Waals surface area contributed by atoms with Crippen molar-refractivity contribution in [2.24, 2.45) is 0 Å². The molecule has 1 atom stereocenters. The fraction of sp³-hybridized carbons (Fsp3) is 0.250. The number of hydrogen-bond donors (Lipinski definition) is 2. The molecule has 32 heavy (non-hydrogen) atoms. The fourth-order valence-electron chi connectivity index (χ4n) is 3.99. The lowest BCUT2D eigenvalue weighted by atomic mass is 10.00. The van der Waals surface area contributed by atoms with Crippen LogP contribution >= 0.6 is 11.3 Å². The molecule has 0 fully saturated rings. The Morgan fingerprint density at radius 3 is 2.56 bits per heavy atom. The maximum Gasteiger partial charge on any atom is 0.229 e. The van der Waals surface area contributed by atoms with Crippen LogP contribution in [0.4, 0.5) is 5.00 Å². The number of nitrogens with zero attached hydrogens (tertiary/aromatic N) is 2. The number of nitrogens with one attached hydrogen (secondary N) is 1. The third-order valence-electron chi connectivity index (χ3n) is 5.79. The van der Waals surface area contributed by atoms with Crippen LogP contribution in [0.25, 0.3) is 0 Å². The van der Waals surface area contributed by atoms with Crippen LogP contribution in [-0.4, -0.2) is 25.8 Å². The van der Waals surface area contributed by atoms with Gasteiger partial charge in [-0.1, -0.05) is 42.5 Å². The molecule has 0 aliphatic carbocycles. The first-order valence-corrected chi connectivity index (χ1v) is 12.3. The summed E-state index contributed by atoms with van der Waals surface area (Å²) in [7, 11) is -2.64. The molecule has 6 nitrogen and oxygen atoms in total. The van der Waals surface area contributed by atoms with Crippen LogP contribution in [0.5, 0.6) is 0 Å². The Labute approximate surface area is 193 Å². The molecule has 3 aromatic rings.